The minimum absolute atomic E-state index is 0.151. The molecule has 0 aromatic heterocycles. The molecule has 1 aromatic carbocycles. The first-order valence-corrected chi connectivity index (χ1v) is 8.30. The summed E-state index contributed by atoms with van der Waals surface area (Å²) in [5.41, 5.74) is 2.68. The molecule has 0 atom stereocenters. The van der Waals surface area contributed by atoms with Gasteiger partial charge in [-0.15, -0.1) is 0 Å². The van der Waals surface area contributed by atoms with Crippen LogP contribution in [0.4, 0.5) is 0 Å². The van der Waals surface area contributed by atoms with Crippen LogP contribution in [0.1, 0.15) is 37.8 Å². The van der Waals surface area contributed by atoms with Crippen LogP contribution in [-0.2, 0) is 15.6 Å². The third-order valence-electron chi connectivity index (χ3n) is 3.88. The van der Waals surface area contributed by atoms with Crippen LogP contribution >= 0.6 is 0 Å². The van der Waals surface area contributed by atoms with E-state index in [4.69, 9.17) is 0 Å². The van der Waals surface area contributed by atoms with Crippen LogP contribution in [0.2, 0.25) is 0 Å². The number of hydrogen-bond donors (Lipinski definition) is 0. The maximum Gasteiger partial charge on any atom is 0.281 e. The van der Waals surface area contributed by atoms with Crippen LogP contribution in [0.15, 0.2) is 24.3 Å². The predicted molar refractivity (Wildman–Crippen MR) is 82.1 cm³/mol. The van der Waals surface area contributed by atoms with E-state index >= 15 is 0 Å². The van der Waals surface area contributed by atoms with E-state index in [0.717, 1.165) is 0 Å². The largest absolute Gasteiger partial charge is 0.281 e. The molecule has 0 amide bonds. The second kappa shape index (κ2) is 5.13. The van der Waals surface area contributed by atoms with Crippen molar-refractivity contribution in [3.8, 4) is 0 Å². The van der Waals surface area contributed by atoms with Crippen LogP contribution in [0.3, 0.4) is 0 Å². The maximum atomic E-state index is 11.9. The van der Waals surface area contributed by atoms with Crippen molar-refractivity contribution in [2.75, 3.05) is 27.2 Å². The number of benzene rings is 1. The molecule has 112 valence electrons. The highest BCUT2D eigenvalue weighted by Gasteiger charge is 2.37. The lowest BCUT2D eigenvalue weighted by Gasteiger charge is -2.39. The Morgan fingerprint density at radius 2 is 1.60 bits per heavy atom. The molecule has 4 nitrogen and oxygen atoms in total. The summed E-state index contributed by atoms with van der Waals surface area (Å²) in [4.78, 5) is 0. The van der Waals surface area contributed by atoms with Crippen molar-refractivity contribution in [1.29, 1.82) is 0 Å². The Bertz CT molecular complexity index is 565. The van der Waals surface area contributed by atoms with Crippen molar-refractivity contribution < 1.29 is 8.42 Å². The molecule has 1 aromatic rings. The fourth-order valence-corrected chi connectivity index (χ4v) is 3.52. The third kappa shape index (κ3) is 2.90. The lowest BCUT2D eigenvalue weighted by Crippen LogP contribution is -2.52. The normalized spacial score (nSPS) is 18.3. The standard InChI is InChI=1S/C15H24N2O2S/c1-15(2,3)14-8-6-12(7-9-14)13-10-17(11-13)20(18,19)16(4)5/h6-9,13H,10-11H2,1-5H3. The first-order valence-electron chi connectivity index (χ1n) is 6.90. The first-order chi connectivity index (χ1) is 9.12. The van der Waals surface area contributed by atoms with E-state index in [1.54, 1.807) is 14.1 Å². The predicted octanol–water partition coefficient (Wildman–Crippen LogP) is 2.19. The summed E-state index contributed by atoms with van der Waals surface area (Å²) in [5, 5.41) is 0. The molecule has 2 rings (SSSR count). The number of rotatable bonds is 3. The zero-order chi connectivity index (χ0) is 15.1. The maximum absolute atomic E-state index is 11.9. The highest BCUT2D eigenvalue weighted by Crippen LogP contribution is 2.31. The molecule has 1 aliphatic heterocycles. The summed E-state index contributed by atoms with van der Waals surface area (Å²) >= 11 is 0. The van der Waals surface area contributed by atoms with Gasteiger partial charge in [0.05, 0.1) is 0 Å². The van der Waals surface area contributed by atoms with Crippen molar-refractivity contribution in [2.24, 2.45) is 0 Å². The fourth-order valence-electron chi connectivity index (χ4n) is 2.32. The van der Waals surface area contributed by atoms with Gasteiger partial charge in [-0.3, -0.25) is 0 Å². The molecular weight excluding hydrogens is 272 g/mol. The second-order valence-corrected chi connectivity index (χ2v) is 8.82. The minimum atomic E-state index is -3.25. The van der Waals surface area contributed by atoms with Gasteiger partial charge in [0.2, 0.25) is 0 Å². The van der Waals surface area contributed by atoms with Crippen molar-refractivity contribution >= 4 is 10.2 Å². The van der Waals surface area contributed by atoms with E-state index in [9.17, 15) is 8.42 Å². The van der Waals surface area contributed by atoms with Crippen LogP contribution < -0.4 is 0 Å². The van der Waals surface area contributed by atoms with E-state index in [1.165, 1.54) is 19.7 Å². The summed E-state index contributed by atoms with van der Waals surface area (Å²) in [6.07, 6.45) is 0. The van der Waals surface area contributed by atoms with Gasteiger partial charge in [0.15, 0.2) is 0 Å². The topological polar surface area (TPSA) is 40.6 Å². The zero-order valence-corrected chi connectivity index (χ0v) is 13.7. The quantitative estimate of drug-likeness (QED) is 0.858. The molecule has 0 unspecified atom stereocenters. The average Bonchev–Trinajstić information content (AvgIpc) is 2.25. The second-order valence-electron chi connectivity index (χ2n) is 6.68. The van der Waals surface area contributed by atoms with E-state index in [2.05, 4.69) is 45.0 Å². The lowest BCUT2D eigenvalue weighted by atomic mass is 9.85. The Morgan fingerprint density at radius 1 is 1.10 bits per heavy atom. The van der Waals surface area contributed by atoms with E-state index in [-0.39, 0.29) is 5.41 Å². The van der Waals surface area contributed by atoms with Gasteiger partial charge in [0, 0.05) is 33.1 Å². The lowest BCUT2D eigenvalue weighted by molar-refractivity contribution is 0.249. The first kappa shape index (κ1) is 15.5. The van der Waals surface area contributed by atoms with Gasteiger partial charge >= 0.3 is 0 Å². The van der Waals surface area contributed by atoms with Gasteiger partial charge in [-0.2, -0.15) is 17.0 Å². The van der Waals surface area contributed by atoms with E-state index in [1.807, 2.05) is 0 Å². The third-order valence-corrected chi connectivity index (χ3v) is 5.76. The van der Waals surface area contributed by atoms with Crippen LogP contribution in [0.25, 0.3) is 0 Å². The summed E-state index contributed by atoms with van der Waals surface area (Å²) < 4.78 is 26.6. The minimum Gasteiger partial charge on any atom is -0.195 e. The van der Waals surface area contributed by atoms with Crippen molar-refractivity contribution in [3.63, 3.8) is 0 Å². The molecule has 20 heavy (non-hydrogen) atoms. The van der Waals surface area contributed by atoms with Crippen molar-refractivity contribution in [2.45, 2.75) is 32.1 Å². The molecule has 0 radical (unpaired) electrons. The summed E-state index contributed by atoms with van der Waals surface area (Å²) in [6.45, 7) is 7.73. The number of hydrogen-bond acceptors (Lipinski definition) is 2. The molecule has 0 bridgehead atoms. The van der Waals surface area contributed by atoms with Gasteiger partial charge in [-0.25, -0.2) is 0 Å². The highest BCUT2D eigenvalue weighted by atomic mass is 32.2. The number of nitrogens with zero attached hydrogens (tertiary/aromatic N) is 2. The van der Waals surface area contributed by atoms with Crippen molar-refractivity contribution in [3.05, 3.63) is 35.4 Å². The SMILES string of the molecule is CN(C)S(=O)(=O)N1CC(c2ccc(C(C)(C)C)cc2)C1. The van der Waals surface area contributed by atoms with Gasteiger partial charge < -0.3 is 0 Å². The summed E-state index contributed by atoms with van der Waals surface area (Å²) in [5.74, 6) is 0.318. The smallest absolute Gasteiger partial charge is 0.195 e. The molecule has 5 heteroatoms. The Labute approximate surface area is 122 Å². The molecular formula is C15H24N2O2S. The molecule has 0 N–H and O–H groups in total. The zero-order valence-electron chi connectivity index (χ0n) is 12.9. The summed E-state index contributed by atoms with van der Waals surface area (Å²) in [6, 6.07) is 8.56. The highest BCUT2D eigenvalue weighted by molar-refractivity contribution is 7.86. The average molecular weight is 296 g/mol. The molecule has 0 saturated carbocycles. The Morgan fingerprint density at radius 3 is 2.00 bits per heavy atom. The van der Waals surface area contributed by atoms with Gasteiger partial charge in [-0.05, 0) is 16.5 Å². The fraction of sp³-hybridized carbons (Fsp3) is 0.600. The van der Waals surface area contributed by atoms with Crippen molar-refractivity contribution in [1.82, 2.24) is 8.61 Å². The van der Waals surface area contributed by atoms with Gasteiger partial charge in [0.1, 0.15) is 0 Å². The molecule has 1 heterocycles. The van der Waals surface area contributed by atoms with Crippen LogP contribution in [0, 0.1) is 0 Å². The van der Waals surface area contributed by atoms with Crippen LogP contribution in [0.5, 0.6) is 0 Å². The van der Waals surface area contributed by atoms with Gasteiger partial charge in [0.25, 0.3) is 10.2 Å². The Balaban J connectivity index is 2.04. The monoisotopic (exact) mass is 296 g/mol. The van der Waals surface area contributed by atoms with Gasteiger partial charge in [-0.1, -0.05) is 45.0 Å². The summed E-state index contributed by atoms with van der Waals surface area (Å²) in [7, 11) is -0.105. The van der Waals surface area contributed by atoms with Crippen LogP contribution in [-0.4, -0.2) is 44.2 Å². The van der Waals surface area contributed by atoms with E-state index < -0.39 is 10.2 Å². The molecule has 0 aliphatic carbocycles. The molecule has 1 aliphatic rings. The Kier molecular flexibility index (Phi) is 3.97. The molecule has 0 spiro atoms. The molecule has 1 fully saturated rings. The van der Waals surface area contributed by atoms with E-state index in [0.29, 0.717) is 19.0 Å². The Hall–Kier alpha value is -0.910. The molecule has 1 saturated heterocycles.